The molecule has 4 unspecified atom stereocenters. The zero-order valence-corrected chi connectivity index (χ0v) is 19.6. The Kier molecular flexibility index (Phi) is 11.6. The molecule has 13 heteroatoms. The number of carboxylic acid groups (broad SMARTS) is 1. The van der Waals surface area contributed by atoms with Crippen molar-refractivity contribution in [2.45, 2.75) is 57.3 Å². The van der Waals surface area contributed by atoms with Crippen LogP contribution in [-0.4, -0.2) is 75.7 Å². The number of aliphatic hydroxyl groups excluding tert-OH is 1. The quantitative estimate of drug-likeness (QED) is 0.138. The van der Waals surface area contributed by atoms with E-state index in [4.69, 9.17) is 11.5 Å². The Morgan fingerprint density at radius 3 is 1.89 bits per heavy atom. The number of carbonyl (C=O) groups is 5. The molecular weight excluding hydrogens is 462 g/mol. The molecule has 4 atom stereocenters. The molecule has 0 aliphatic heterocycles. The summed E-state index contributed by atoms with van der Waals surface area (Å²) in [6, 6.07) is 0.426. The van der Waals surface area contributed by atoms with Crippen molar-refractivity contribution < 1.29 is 39.3 Å². The molecule has 1 aromatic rings. The molecule has 0 spiro atoms. The molecule has 0 aliphatic carbocycles. The molecule has 4 amide bonds. The lowest BCUT2D eigenvalue weighted by atomic mass is 10.0. The van der Waals surface area contributed by atoms with Crippen LogP contribution in [-0.2, 0) is 30.4 Å². The number of carbonyl (C=O) groups excluding carboxylic acids is 4. The van der Waals surface area contributed by atoms with Gasteiger partial charge in [-0.25, -0.2) is 4.79 Å². The minimum atomic E-state index is -1.51. The molecule has 10 N–H and O–H groups in total. The number of nitrogens with one attached hydrogen (secondary N) is 3. The predicted octanol–water partition coefficient (Wildman–Crippen LogP) is -2.29. The van der Waals surface area contributed by atoms with Crippen LogP contribution >= 0.6 is 0 Å². The number of phenols is 1. The third-order valence-corrected chi connectivity index (χ3v) is 4.90. The van der Waals surface area contributed by atoms with Gasteiger partial charge in [-0.05, 0) is 30.0 Å². The highest BCUT2D eigenvalue weighted by atomic mass is 16.4. The number of aliphatic carboxylic acids is 1. The molecule has 0 aromatic heterocycles. The fraction of sp³-hybridized carbons (Fsp3) is 0.500. The molecule has 35 heavy (non-hydrogen) atoms. The van der Waals surface area contributed by atoms with Gasteiger partial charge in [-0.1, -0.05) is 26.0 Å². The summed E-state index contributed by atoms with van der Waals surface area (Å²) in [7, 11) is 0. The molecule has 0 saturated carbocycles. The summed E-state index contributed by atoms with van der Waals surface area (Å²) < 4.78 is 0. The molecule has 0 fully saturated rings. The number of hydrogen-bond acceptors (Lipinski definition) is 8. The highest BCUT2D eigenvalue weighted by Gasteiger charge is 2.30. The van der Waals surface area contributed by atoms with E-state index in [1.807, 2.05) is 0 Å². The first kappa shape index (κ1) is 29.3. The minimum absolute atomic E-state index is 0.0166. The van der Waals surface area contributed by atoms with Crippen LogP contribution in [0.15, 0.2) is 24.3 Å². The van der Waals surface area contributed by atoms with E-state index in [-0.39, 0.29) is 24.5 Å². The predicted molar refractivity (Wildman–Crippen MR) is 124 cm³/mol. The lowest BCUT2D eigenvalue weighted by Gasteiger charge is -2.25. The number of nitrogens with two attached hydrogens (primary N) is 2. The number of amides is 4. The second-order valence-corrected chi connectivity index (χ2v) is 8.48. The number of primary amides is 1. The molecule has 0 aliphatic rings. The van der Waals surface area contributed by atoms with Gasteiger partial charge >= 0.3 is 5.97 Å². The summed E-state index contributed by atoms with van der Waals surface area (Å²) in [5, 5.41) is 35.5. The first-order chi connectivity index (χ1) is 16.3. The molecule has 0 bridgehead atoms. The Bertz CT molecular complexity index is 906. The molecule has 13 nitrogen and oxygen atoms in total. The third-order valence-electron chi connectivity index (χ3n) is 4.90. The fourth-order valence-electron chi connectivity index (χ4n) is 3.10. The van der Waals surface area contributed by atoms with Gasteiger partial charge < -0.3 is 42.7 Å². The molecule has 0 heterocycles. The van der Waals surface area contributed by atoms with Crippen molar-refractivity contribution >= 4 is 29.6 Å². The van der Waals surface area contributed by atoms with Gasteiger partial charge in [0.1, 0.15) is 23.9 Å². The van der Waals surface area contributed by atoms with Gasteiger partial charge in [0, 0.05) is 6.42 Å². The van der Waals surface area contributed by atoms with E-state index >= 15 is 0 Å². The van der Waals surface area contributed by atoms with Gasteiger partial charge in [0.25, 0.3) is 0 Å². The van der Waals surface area contributed by atoms with Crippen LogP contribution in [0.1, 0.15) is 32.3 Å². The van der Waals surface area contributed by atoms with Crippen molar-refractivity contribution in [1.29, 1.82) is 0 Å². The Labute approximate surface area is 202 Å². The third kappa shape index (κ3) is 10.4. The van der Waals surface area contributed by atoms with Crippen LogP contribution in [0.25, 0.3) is 0 Å². The molecule has 1 rings (SSSR count). The van der Waals surface area contributed by atoms with Crippen LogP contribution in [0.5, 0.6) is 5.75 Å². The minimum Gasteiger partial charge on any atom is -0.508 e. The van der Waals surface area contributed by atoms with Gasteiger partial charge in [-0.2, -0.15) is 0 Å². The molecule has 0 saturated heterocycles. The zero-order valence-electron chi connectivity index (χ0n) is 19.6. The first-order valence-corrected chi connectivity index (χ1v) is 10.9. The average Bonchev–Trinajstić information content (AvgIpc) is 2.76. The normalized spacial score (nSPS) is 14.3. The van der Waals surface area contributed by atoms with Gasteiger partial charge in [0.2, 0.25) is 23.6 Å². The van der Waals surface area contributed by atoms with Crippen LogP contribution in [0, 0.1) is 5.92 Å². The van der Waals surface area contributed by atoms with Crippen LogP contribution in [0.2, 0.25) is 0 Å². The summed E-state index contributed by atoms with van der Waals surface area (Å²) >= 11 is 0. The van der Waals surface area contributed by atoms with Crippen molar-refractivity contribution in [3.8, 4) is 5.75 Å². The number of aromatic hydroxyl groups is 1. The largest absolute Gasteiger partial charge is 0.508 e. The molecule has 0 radical (unpaired) electrons. The lowest BCUT2D eigenvalue weighted by Crippen LogP contribution is -2.58. The smallest absolute Gasteiger partial charge is 0.326 e. The maximum atomic E-state index is 12.9. The number of benzene rings is 1. The second kappa shape index (κ2) is 13.9. The van der Waals surface area contributed by atoms with Crippen LogP contribution < -0.4 is 27.4 Å². The maximum Gasteiger partial charge on any atom is 0.326 e. The van der Waals surface area contributed by atoms with E-state index in [9.17, 15) is 39.3 Å². The van der Waals surface area contributed by atoms with Gasteiger partial charge in [0.15, 0.2) is 0 Å². The van der Waals surface area contributed by atoms with E-state index in [1.165, 1.54) is 24.3 Å². The number of carboxylic acids is 1. The highest BCUT2D eigenvalue weighted by molar-refractivity contribution is 5.95. The lowest BCUT2D eigenvalue weighted by molar-refractivity contribution is -0.142. The summed E-state index contributed by atoms with van der Waals surface area (Å²) in [5.41, 5.74) is 11.1. The van der Waals surface area contributed by atoms with E-state index in [1.54, 1.807) is 13.8 Å². The van der Waals surface area contributed by atoms with Crippen molar-refractivity contribution in [2.24, 2.45) is 17.4 Å². The van der Waals surface area contributed by atoms with Crippen LogP contribution in [0.4, 0.5) is 0 Å². The van der Waals surface area contributed by atoms with Gasteiger partial charge in [-0.15, -0.1) is 0 Å². The average molecular weight is 496 g/mol. The van der Waals surface area contributed by atoms with E-state index in [0.29, 0.717) is 5.56 Å². The topological polar surface area (TPSA) is 234 Å². The summed E-state index contributed by atoms with van der Waals surface area (Å²) in [5.74, 6) is -4.80. The Hall–Kier alpha value is -3.71. The maximum absolute atomic E-state index is 12.9. The van der Waals surface area contributed by atoms with Crippen molar-refractivity contribution in [2.75, 3.05) is 6.61 Å². The number of hydrogen-bond donors (Lipinski definition) is 8. The Morgan fingerprint density at radius 1 is 0.886 bits per heavy atom. The van der Waals surface area contributed by atoms with Gasteiger partial charge in [0.05, 0.1) is 19.1 Å². The van der Waals surface area contributed by atoms with E-state index < -0.39 is 66.8 Å². The molecule has 194 valence electrons. The molecular formula is C22H33N5O8. The number of phenolic OH excluding ortho intramolecular Hbond substituents is 1. The van der Waals surface area contributed by atoms with E-state index in [0.717, 1.165) is 0 Å². The SMILES string of the molecule is CC(C)CC(NC(=O)C(Cc1ccc(O)cc1)NC(=O)C(CO)NC(=O)C(N)CC(N)=O)C(=O)O. The standard InChI is InChI=1S/C22H33N5O8/c1-11(2)7-16(22(34)35)26-20(32)15(8-12-3-5-13(29)6-4-12)25-21(33)17(10-28)27-19(31)14(23)9-18(24)30/h3-6,11,14-17,28-29H,7-10,23H2,1-2H3,(H2,24,30)(H,25,33)(H,26,32)(H,27,31)(H,34,35). The zero-order chi connectivity index (χ0) is 26.7. The second-order valence-electron chi connectivity index (χ2n) is 8.48. The van der Waals surface area contributed by atoms with E-state index in [2.05, 4.69) is 16.0 Å². The summed E-state index contributed by atoms with van der Waals surface area (Å²) in [6.45, 7) is 2.73. The Morgan fingerprint density at radius 2 is 1.40 bits per heavy atom. The highest BCUT2D eigenvalue weighted by Crippen LogP contribution is 2.12. The van der Waals surface area contributed by atoms with Crippen molar-refractivity contribution in [1.82, 2.24) is 16.0 Å². The number of aliphatic hydroxyl groups is 1. The fourth-order valence-corrected chi connectivity index (χ4v) is 3.10. The van der Waals surface area contributed by atoms with Crippen molar-refractivity contribution in [3.05, 3.63) is 29.8 Å². The number of rotatable bonds is 14. The summed E-state index contributed by atoms with van der Waals surface area (Å²) in [4.78, 5) is 60.3. The van der Waals surface area contributed by atoms with Crippen molar-refractivity contribution in [3.63, 3.8) is 0 Å². The summed E-state index contributed by atoms with van der Waals surface area (Å²) in [6.07, 6.45) is -0.420. The Balaban J connectivity index is 3.05. The molecule has 1 aromatic carbocycles. The van der Waals surface area contributed by atoms with Crippen LogP contribution in [0.3, 0.4) is 0 Å². The van der Waals surface area contributed by atoms with Gasteiger partial charge in [-0.3, -0.25) is 19.2 Å². The first-order valence-electron chi connectivity index (χ1n) is 10.9. The monoisotopic (exact) mass is 495 g/mol.